The Kier molecular flexibility index (Phi) is 7.49. The van der Waals surface area contributed by atoms with Crippen molar-refractivity contribution in [3.05, 3.63) is 94.0 Å². The van der Waals surface area contributed by atoms with Crippen LogP contribution in [0.15, 0.2) is 66.7 Å². The van der Waals surface area contributed by atoms with Gasteiger partial charge in [-0.3, -0.25) is 9.59 Å². The molecule has 0 aromatic heterocycles. The molecule has 0 saturated heterocycles. The van der Waals surface area contributed by atoms with E-state index in [1.165, 1.54) is 36.1 Å². The van der Waals surface area contributed by atoms with E-state index < -0.39 is 5.92 Å². The first kappa shape index (κ1) is 24.4. The van der Waals surface area contributed by atoms with E-state index in [0.29, 0.717) is 27.5 Å². The third kappa shape index (κ3) is 5.96. The van der Waals surface area contributed by atoms with Gasteiger partial charge in [-0.15, -0.1) is 0 Å². The summed E-state index contributed by atoms with van der Waals surface area (Å²) in [5.74, 6) is -3.39. The van der Waals surface area contributed by atoms with Gasteiger partial charge in [-0.25, -0.2) is 8.78 Å². The highest BCUT2D eigenvalue weighted by molar-refractivity contribution is 6.34. The fourth-order valence-electron chi connectivity index (χ4n) is 3.34. The van der Waals surface area contributed by atoms with Gasteiger partial charge in [-0.2, -0.15) is 0 Å². The Labute approximate surface area is 197 Å². The molecule has 0 aliphatic rings. The van der Waals surface area contributed by atoms with Crippen molar-refractivity contribution < 1.29 is 18.4 Å². The van der Waals surface area contributed by atoms with Crippen LogP contribution in [-0.4, -0.2) is 18.9 Å². The summed E-state index contributed by atoms with van der Waals surface area (Å²) in [6, 6.07) is 17.8. The average Bonchev–Trinajstić information content (AvgIpc) is 2.79. The predicted octanol–water partition coefficient (Wildman–Crippen LogP) is 6.61. The average molecular weight is 471 g/mol. The van der Waals surface area contributed by atoms with E-state index in [-0.39, 0.29) is 30.2 Å². The number of carbonyl (C=O) groups is 2. The van der Waals surface area contributed by atoms with Gasteiger partial charge >= 0.3 is 0 Å². The van der Waals surface area contributed by atoms with Gasteiger partial charge in [0.25, 0.3) is 11.8 Å². The first-order chi connectivity index (χ1) is 15.6. The third-order valence-corrected chi connectivity index (χ3v) is 5.67. The maximum Gasteiger partial charge on any atom is 0.273 e. The normalized spacial score (nSPS) is 11.2. The molecule has 4 nitrogen and oxygen atoms in total. The number of hydrogen-bond donors (Lipinski definition) is 1. The van der Waals surface area contributed by atoms with Gasteiger partial charge in [0.05, 0.1) is 17.1 Å². The van der Waals surface area contributed by atoms with E-state index in [4.69, 9.17) is 11.6 Å². The number of aryl methyl sites for hydroxylation is 1. The second-order valence-electron chi connectivity index (χ2n) is 7.88. The topological polar surface area (TPSA) is 49.4 Å². The maximum absolute atomic E-state index is 13.7. The molecule has 0 fully saturated rings. The maximum atomic E-state index is 13.7. The van der Waals surface area contributed by atoms with Crippen molar-refractivity contribution in [3.63, 3.8) is 0 Å². The van der Waals surface area contributed by atoms with Crippen molar-refractivity contribution >= 4 is 34.8 Å². The van der Waals surface area contributed by atoms with Crippen LogP contribution in [0, 0.1) is 6.92 Å². The largest absolute Gasteiger partial charge is 0.326 e. The monoisotopic (exact) mass is 470 g/mol. The van der Waals surface area contributed by atoms with Crippen molar-refractivity contribution in [1.82, 2.24) is 0 Å². The van der Waals surface area contributed by atoms with E-state index in [2.05, 4.69) is 5.32 Å². The summed E-state index contributed by atoms with van der Waals surface area (Å²) in [4.78, 5) is 26.6. The number of nitrogens with one attached hydrogen (secondary N) is 1. The lowest BCUT2D eigenvalue weighted by Crippen LogP contribution is -2.26. The van der Waals surface area contributed by atoms with Crippen LogP contribution < -0.4 is 10.2 Å². The van der Waals surface area contributed by atoms with E-state index in [0.717, 1.165) is 5.56 Å². The zero-order valence-corrected chi connectivity index (χ0v) is 19.4. The Morgan fingerprint density at radius 3 is 2.21 bits per heavy atom. The fraction of sp³-hybridized carbons (Fsp3) is 0.231. The molecule has 0 heterocycles. The molecule has 3 rings (SSSR count). The van der Waals surface area contributed by atoms with Crippen molar-refractivity contribution in [3.8, 4) is 0 Å². The zero-order chi connectivity index (χ0) is 24.2. The summed E-state index contributed by atoms with van der Waals surface area (Å²) in [6.45, 7) is 3.35. The van der Waals surface area contributed by atoms with Crippen LogP contribution in [0.25, 0.3) is 0 Å². The quantitative estimate of drug-likeness (QED) is 0.422. The van der Waals surface area contributed by atoms with Gasteiger partial charge < -0.3 is 10.2 Å². The number of amides is 2. The first-order valence-electron chi connectivity index (χ1n) is 10.5. The highest BCUT2D eigenvalue weighted by Gasteiger charge is 2.28. The smallest absolute Gasteiger partial charge is 0.273 e. The highest BCUT2D eigenvalue weighted by Crippen LogP contribution is 2.31. The Balaban J connectivity index is 1.62. The fourth-order valence-corrected chi connectivity index (χ4v) is 3.71. The molecule has 0 spiro atoms. The Morgan fingerprint density at radius 2 is 1.64 bits per heavy atom. The molecule has 1 N–H and O–H groups in total. The molecule has 3 aromatic carbocycles. The second-order valence-corrected chi connectivity index (χ2v) is 8.28. The van der Waals surface area contributed by atoms with Crippen molar-refractivity contribution in [1.29, 1.82) is 0 Å². The lowest BCUT2D eigenvalue weighted by atomic mass is 10.0. The zero-order valence-electron chi connectivity index (χ0n) is 18.7. The molecule has 0 unspecified atom stereocenters. The summed E-state index contributed by atoms with van der Waals surface area (Å²) in [5, 5.41) is 3.24. The minimum absolute atomic E-state index is 0.0489. The molecule has 172 valence electrons. The van der Waals surface area contributed by atoms with Crippen LogP contribution in [0.3, 0.4) is 0 Å². The molecule has 0 aliphatic carbocycles. The van der Waals surface area contributed by atoms with Crippen LogP contribution in [0.1, 0.15) is 40.4 Å². The summed E-state index contributed by atoms with van der Waals surface area (Å²) in [7, 11) is 1.65. The first-order valence-corrected chi connectivity index (χ1v) is 10.9. The molecule has 2 amide bonds. The van der Waals surface area contributed by atoms with E-state index in [1.54, 1.807) is 43.4 Å². The van der Waals surface area contributed by atoms with Crippen molar-refractivity contribution in [2.75, 3.05) is 17.3 Å². The molecule has 0 radical (unpaired) electrons. The van der Waals surface area contributed by atoms with Gasteiger partial charge in [0.2, 0.25) is 5.91 Å². The van der Waals surface area contributed by atoms with Crippen molar-refractivity contribution in [2.45, 2.75) is 32.6 Å². The second kappa shape index (κ2) is 10.1. The van der Waals surface area contributed by atoms with Gasteiger partial charge in [-0.05, 0) is 54.4 Å². The Morgan fingerprint density at radius 1 is 1.00 bits per heavy atom. The third-order valence-electron chi connectivity index (χ3n) is 5.37. The molecule has 33 heavy (non-hydrogen) atoms. The number of rotatable bonds is 7. The van der Waals surface area contributed by atoms with E-state index >= 15 is 0 Å². The molecule has 0 bridgehead atoms. The lowest BCUT2D eigenvalue weighted by Gasteiger charge is -2.19. The Bertz CT molecular complexity index is 1150. The van der Waals surface area contributed by atoms with Gasteiger partial charge in [0.15, 0.2) is 0 Å². The highest BCUT2D eigenvalue weighted by atomic mass is 35.5. The molecule has 0 atom stereocenters. The summed E-state index contributed by atoms with van der Waals surface area (Å²) in [6.07, 6.45) is -0.230. The van der Waals surface area contributed by atoms with Crippen LogP contribution >= 0.6 is 11.6 Å². The molecule has 3 aromatic rings. The lowest BCUT2D eigenvalue weighted by molar-refractivity contribution is -0.115. The summed E-state index contributed by atoms with van der Waals surface area (Å²) in [5.41, 5.74) is 3.14. The predicted molar refractivity (Wildman–Crippen MR) is 128 cm³/mol. The molecule has 0 aliphatic heterocycles. The molecule has 7 heteroatoms. The van der Waals surface area contributed by atoms with Crippen LogP contribution in [0.2, 0.25) is 5.02 Å². The SMILES string of the molecule is CCC(F)(F)c1ccc(CC(=O)Nc2ccc(C(=O)N(C)c3ccc(C)cc3Cl)cc2)cc1. The standard InChI is InChI=1S/C26H25ClF2N2O2/c1-4-26(28,29)20-10-6-18(7-11-20)16-24(32)30-21-12-8-19(9-13-21)25(33)31(3)23-14-5-17(2)15-22(23)27/h5-15H,4,16H2,1-3H3,(H,30,32). The number of halogens is 3. The minimum atomic E-state index is -2.88. The van der Waals surface area contributed by atoms with Crippen LogP contribution in [0.5, 0.6) is 0 Å². The summed E-state index contributed by atoms with van der Waals surface area (Å²) >= 11 is 6.26. The van der Waals surface area contributed by atoms with E-state index in [1.807, 2.05) is 13.0 Å². The number of anilines is 2. The van der Waals surface area contributed by atoms with Crippen molar-refractivity contribution in [2.24, 2.45) is 0 Å². The Hall–Kier alpha value is -3.25. The molecular formula is C26H25ClF2N2O2. The summed E-state index contributed by atoms with van der Waals surface area (Å²) < 4.78 is 27.5. The van der Waals surface area contributed by atoms with Gasteiger partial charge in [0, 0.05) is 30.3 Å². The number of hydrogen-bond acceptors (Lipinski definition) is 2. The number of carbonyl (C=O) groups excluding carboxylic acids is 2. The van der Waals surface area contributed by atoms with Gasteiger partial charge in [-0.1, -0.05) is 48.9 Å². The number of nitrogens with zero attached hydrogens (tertiary/aromatic N) is 1. The molecular weight excluding hydrogens is 446 g/mol. The van der Waals surface area contributed by atoms with Crippen LogP contribution in [-0.2, 0) is 17.1 Å². The van der Waals surface area contributed by atoms with Crippen LogP contribution in [0.4, 0.5) is 20.2 Å². The number of benzene rings is 3. The minimum Gasteiger partial charge on any atom is -0.326 e. The van der Waals surface area contributed by atoms with E-state index in [9.17, 15) is 18.4 Å². The number of alkyl halides is 2. The molecule has 0 saturated carbocycles. The van der Waals surface area contributed by atoms with Gasteiger partial charge in [0.1, 0.15) is 0 Å².